The molecule has 0 aromatic rings. The topological polar surface area (TPSA) is 0 Å². The molecule has 0 saturated carbocycles. The van der Waals surface area contributed by atoms with E-state index in [2.05, 4.69) is 34.6 Å². The molecule has 15 heavy (non-hydrogen) atoms. The second-order valence-corrected chi connectivity index (χ2v) is 18.7. The zero-order valence-corrected chi connectivity index (χ0v) is 13.4. The first-order valence-corrected chi connectivity index (χ1v) is 12.8. The minimum absolute atomic E-state index is 1.37. The first-order chi connectivity index (χ1) is 7.12. The SMILES string of the molecule is CCCCC[CH2][Ti]([CH2]C)([CH2]C)([CH2]C)[CH2]C. The van der Waals surface area contributed by atoms with Gasteiger partial charge in [0.15, 0.2) is 0 Å². The van der Waals surface area contributed by atoms with E-state index in [1.165, 1.54) is 25.7 Å². The summed E-state index contributed by atoms with van der Waals surface area (Å²) in [5.74, 6) is 0. The molecule has 0 aliphatic heterocycles. The molecule has 0 atom stereocenters. The fraction of sp³-hybridized carbons (Fsp3) is 1.00. The summed E-state index contributed by atoms with van der Waals surface area (Å²) in [6.45, 7) is 12.2. The predicted octanol–water partition coefficient (Wildman–Crippen LogP) is 6.43. The monoisotopic (exact) mass is 249 g/mol. The zero-order chi connectivity index (χ0) is 11.8. The predicted molar refractivity (Wildman–Crippen MR) is 70.9 cm³/mol. The van der Waals surface area contributed by atoms with Crippen LogP contribution in [-0.4, -0.2) is 0 Å². The van der Waals surface area contributed by atoms with Gasteiger partial charge in [0.1, 0.15) is 0 Å². The average Bonchev–Trinajstić information content (AvgIpc) is 2.32. The van der Waals surface area contributed by atoms with Crippen LogP contribution in [0, 0.1) is 0 Å². The van der Waals surface area contributed by atoms with E-state index in [-0.39, 0.29) is 0 Å². The second-order valence-electron chi connectivity index (χ2n) is 5.72. The molecule has 0 saturated heterocycles. The van der Waals surface area contributed by atoms with E-state index >= 15 is 0 Å². The summed E-state index contributed by atoms with van der Waals surface area (Å²) in [6.07, 6.45) is 5.83. The van der Waals surface area contributed by atoms with Crippen LogP contribution in [0.5, 0.6) is 0 Å². The molecule has 0 aromatic heterocycles. The Morgan fingerprint density at radius 2 is 1.07 bits per heavy atom. The van der Waals surface area contributed by atoms with Crippen molar-refractivity contribution in [2.24, 2.45) is 0 Å². The van der Waals surface area contributed by atoms with Crippen molar-refractivity contribution in [3.63, 3.8) is 0 Å². The molecule has 93 valence electrons. The Hall–Kier alpha value is 0.714. The van der Waals surface area contributed by atoms with Gasteiger partial charge >= 0.3 is 99.2 Å². The van der Waals surface area contributed by atoms with E-state index in [1.54, 1.807) is 23.6 Å². The summed E-state index contributed by atoms with van der Waals surface area (Å²) in [4.78, 5) is 0. The van der Waals surface area contributed by atoms with Crippen molar-refractivity contribution >= 4 is 0 Å². The van der Waals surface area contributed by atoms with Crippen LogP contribution < -0.4 is 0 Å². The molecule has 0 radical (unpaired) electrons. The second kappa shape index (κ2) is 7.12. The van der Waals surface area contributed by atoms with Crippen LogP contribution in [0.25, 0.3) is 0 Å². The Bertz CT molecular complexity index is 135. The fourth-order valence-electron chi connectivity index (χ4n) is 3.26. The van der Waals surface area contributed by atoms with E-state index in [0.29, 0.717) is 0 Å². The van der Waals surface area contributed by atoms with Gasteiger partial charge in [0.2, 0.25) is 0 Å². The molecule has 1 heteroatoms. The van der Waals surface area contributed by atoms with Crippen molar-refractivity contribution < 1.29 is 15.3 Å². The normalized spacial score (nSPS) is 14.9. The average molecular weight is 249 g/mol. The van der Waals surface area contributed by atoms with Gasteiger partial charge in [-0.2, -0.15) is 0 Å². The van der Waals surface area contributed by atoms with Gasteiger partial charge in [-0.3, -0.25) is 0 Å². The van der Waals surface area contributed by atoms with Crippen molar-refractivity contribution in [2.75, 3.05) is 0 Å². The van der Waals surface area contributed by atoms with Crippen molar-refractivity contribution in [1.82, 2.24) is 0 Å². The number of rotatable bonds is 9. The van der Waals surface area contributed by atoms with Crippen LogP contribution >= 0.6 is 0 Å². The van der Waals surface area contributed by atoms with Crippen molar-refractivity contribution in [3.05, 3.63) is 0 Å². The fourth-order valence-corrected chi connectivity index (χ4v) is 12.1. The molecule has 0 bridgehead atoms. The van der Waals surface area contributed by atoms with Gasteiger partial charge in [-0.1, -0.05) is 0 Å². The van der Waals surface area contributed by atoms with Crippen LogP contribution in [0.1, 0.15) is 60.3 Å². The van der Waals surface area contributed by atoms with E-state index in [4.69, 9.17) is 0 Å². The van der Waals surface area contributed by atoms with Gasteiger partial charge in [0.05, 0.1) is 0 Å². The van der Waals surface area contributed by atoms with Crippen LogP contribution in [0.3, 0.4) is 0 Å². The Morgan fingerprint density at radius 3 is 1.40 bits per heavy atom. The molecule has 0 unspecified atom stereocenters. The standard InChI is InChI=1S/C6H13.4C2H5.Ti/c1-3-5-6-4-2;4*1-2;/h1,3-6H2,2H3;4*1H2,2H3;. The Morgan fingerprint density at radius 1 is 0.600 bits per heavy atom. The van der Waals surface area contributed by atoms with Gasteiger partial charge < -0.3 is 0 Å². The van der Waals surface area contributed by atoms with Crippen LogP contribution in [0.15, 0.2) is 0 Å². The Kier molecular flexibility index (Phi) is 7.46. The summed E-state index contributed by atoms with van der Waals surface area (Å²) in [6, 6.07) is 0. The summed E-state index contributed by atoms with van der Waals surface area (Å²) in [5, 5.41) is 0. The van der Waals surface area contributed by atoms with E-state index in [1.807, 2.05) is 0 Å². The quantitative estimate of drug-likeness (QED) is 0.326. The maximum atomic E-state index is 2.48. The Labute approximate surface area is 99.1 Å². The van der Waals surface area contributed by atoms with Crippen molar-refractivity contribution in [1.29, 1.82) is 0 Å². The molecule has 0 aliphatic rings. The summed E-state index contributed by atoms with van der Waals surface area (Å²) < 4.78 is 7.83. The van der Waals surface area contributed by atoms with E-state index < -0.39 is 15.3 Å². The first kappa shape index (κ1) is 15.7. The third-order valence-electron chi connectivity index (χ3n) is 5.74. The molecule has 0 aromatic carbocycles. The molecule has 0 rings (SSSR count). The zero-order valence-electron chi connectivity index (χ0n) is 11.9. The van der Waals surface area contributed by atoms with Crippen LogP contribution in [0.4, 0.5) is 0 Å². The van der Waals surface area contributed by atoms with Crippen molar-refractivity contribution in [2.45, 2.75) is 83.9 Å². The molecule has 0 nitrogen and oxygen atoms in total. The van der Waals surface area contributed by atoms with Crippen LogP contribution in [0.2, 0.25) is 23.6 Å². The minimum atomic E-state index is -1.98. The molecular weight excluding hydrogens is 216 g/mol. The Balaban J connectivity index is 4.36. The van der Waals surface area contributed by atoms with E-state index in [0.717, 1.165) is 0 Å². The van der Waals surface area contributed by atoms with Gasteiger partial charge in [-0.05, 0) is 0 Å². The summed E-state index contributed by atoms with van der Waals surface area (Å²) >= 11 is -1.98. The summed E-state index contributed by atoms with van der Waals surface area (Å²) in [5.41, 5.74) is 0. The van der Waals surface area contributed by atoms with Gasteiger partial charge in [0.25, 0.3) is 0 Å². The third kappa shape index (κ3) is 3.89. The molecule has 0 N–H and O–H groups in total. The molecule has 0 fully saturated rings. The number of unbranched alkanes of at least 4 members (excludes halogenated alkanes) is 3. The van der Waals surface area contributed by atoms with Gasteiger partial charge in [-0.25, -0.2) is 0 Å². The number of hydrogen-bond donors (Lipinski definition) is 0. The number of hydrogen-bond acceptors (Lipinski definition) is 0. The third-order valence-corrected chi connectivity index (χ3v) is 21.0. The molecular formula is C14H33Ti. The molecule has 0 spiro atoms. The van der Waals surface area contributed by atoms with Crippen LogP contribution in [-0.2, 0) is 15.3 Å². The van der Waals surface area contributed by atoms with Gasteiger partial charge in [-0.15, -0.1) is 0 Å². The summed E-state index contributed by atoms with van der Waals surface area (Å²) in [7, 11) is 0. The molecule has 0 amide bonds. The molecule has 0 aliphatic carbocycles. The van der Waals surface area contributed by atoms with Gasteiger partial charge in [0, 0.05) is 0 Å². The molecule has 0 heterocycles. The first-order valence-electron chi connectivity index (χ1n) is 7.30. The van der Waals surface area contributed by atoms with Crippen molar-refractivity contribution in [3.8, 4) is 0 Å². The maximum absolute atomic E-state index is 2.48. The van der Waals surface area contributed by atoms with E-state index in [9.17, 15) is 0 Å².